The molecule has 1 heterocycles. The molecule has 25 heavy (non-hydrogen) atoms. The molecule has 1 N–H and O–H groups in total. The zero-order valence-electron chi connectivity index (χ0n) is 14.7. The van der Waals surface area contributed by atoms with E-state index in [1.807, 2.05) is 30.3 Å². The van der Waals surface area contributed by atoms with Gasteiger partial charge in [-0.3, -0.25) is 4.79 Å². The van der Waals surface area contributed by atoms with Crippen LogP contribution in [-0.2, 0) is 0 Å². The largest absolute Gasteiger partial charge is 0.496 e. The van der Waals surface area contributed by atoms with Crippen LogP contribution in [0.25, 0.3) is 6.08 Å². The fourth-order valence-electron chi connectivity index (χ4n) is 2.87. The highest BCUT2D eigenvalue weighted by Crippen LogP contribution is 2.41. The maximum atomic E-state index is 12.6. The van der Waals surface area contributed by atoms with E-state index in [1.165, 1.54) is 0 Å². The van der Waals surface area contributed by atoms with Crippen molar-refractivity contribution in [3.8, 4) is 11.5 Å². The fourth-order valence-corrected chi connectivity index (χ4v) is 2.87. The molecule has 0 saturated carbocycles. The highest BCUT2D eigenvalue weighted by molar-refractivity contribution is 6.01. The van der Waals surface area contributed by atoms with Gasteiger partial charge in [0.15, 0.2) is 5.78 Å². The van der Waals surface area contributed by atoms with E-state index in [2.05, 4.69) is 0 Å². The molecule has 1 aliphatic heterocycles. The Kier molecular flexibility index (Phi) is 4.64. The molecule has 1 atom stereocenters. The average Bonchev–Trinajstić information content (AvgIpc) is 2.59. The van der Waals surface area contributed by atoms with Crippen molar-refractivity contribution in [2.75, 3.05) is 7.11 Å². The third-order valence-corrected chi connectivity index (χ3v) is 4.14. The third-order valence-electron chi connectivity index (χ3n) is 4.14. The number of methoxy groups -OCH3 is 1. The van der Waals surface area contributed by atoms with Gasteiger partial charge in [0, 0.05) is 0 Å². The summed E-state index contributed by atoms with van der Waals surface area (Å²) in [6.45, 7) is 3.37. The average molecular weight is 338 g/mol. The lowest BCUT2D eigenvalue weighted by Gasteiger charge is -2.27. The molecule has 1 aliphatic rings. The molecular formula is C21H22O4. The topological polar surface area (TPSA) is 55.8 Å². The number of fused-ring (bicyclic) bond motifs is 1. The molecule has 0 spiro atoms. The zero-order chi connectivity index (χ0) is 18.0. The smallest absolute Gasteiger partial charge is 0.170 e. The fraction of sp³-hybridized carbons (Fsp3) is 0.286. The van der Waals surface area contributed by atoms with Crippen molar-refractivity contribution in [3.05, 3.63) is 65.2 Å². The molecule has 0 radical (unpaired) electrons. The standard InChI is InChI=1S/C21H22O4/c1-21(2,23)12-11-16-18(24-3)10-9-15-17(22)13-19(25-20(15)16)14-7-5-4-6-8-14/h4-12,19,23H,13H2,1-3H3/t19-/m1/s1. The predicted molar refractivity (Wildman–Crippen MR) is 97.1 cm³/mol. The quantitative estimate of drug-likeness (QED) is 0.908. The Morgan fingerprint density at radius 3 is 2.56 bits per heavy atom. The van der Waals surface area contributed by atoms with Crippen LogP contribution in [0.2, 0.25) is 0 Å². The number of hydrogen-bond donors (Lipinski definition) is 1. The number of rotatable bonds is 4. The lowest BCUT2D eigenvalue weighted by molar-refractivity contribution is 0.0849. The maximum Gasteiger partial charge on any atom is 0.170 e. The molecule has 0 saturated heterocycles. The van der Waals surface area contributed by atoms with E-state index in [1.54, 1.807) is 45.2 Å². The minimum atomic E-state index is -0.981. The predicted octanol–water partition coefficient (Wildman–Crippen LogP) is 4.19. The second-order valence-electron chi connectivity index (χ2n) is 6.69. The van der Waals surface area contributed by atoms with Crippen LogP contribution in [0, 0.1) is 0 Å². The minimum Gasteiger partial charge on any atom is -0.496 e. The number of aliphatic hydroxyl groups is 1. The van der Waals surface area contributed by atoms with Crippen LogP contribution in [0.1, 0.15) is 47.9 Å². The molecule has 3 rings (SSSR count). The second-order valence-corrected chi connectivity index (χ2v) is 6.69. The van der Waals surface area contributed by atoms with Gasteiger partial charge in [0.25, 0.3) is 0 Å². The van der Waals surface area contributed by atoms with E-state index >= 15 is 0 Å². The summed E-state index contributed by atoms with van der Waals surface area (Å²) in [5, 5.41) is 9.99. The van der Waals surface area contributed by atoms with Gasteiger partial charge in [0.05, 0.1) is 30.3 Å². The Balaban J connectivity index is 2.08. The van der Waals surface area contributed by atoms with Crippen LogP contribution in [0.3, 0.4) is 0 Å². The molecule has 0 aromatic heterocycles. The molecule has 2 aromatic rings. The van der Waals surface area contributed by atoms with Crippen LogP contribution in [0.5, 0.6) is 11.5 Å². The van der Waals surface area contributed by atoms with E-state index < -0.39 is 5.60 Å². The zero-order valence-corrected chi connectivity index (χ0v) is 14.7. The van der Waals surface area contributed by atoms with Gasteiger partial charge in [-0.2, -0.15) is 0 Å². The van der Waals surface area contributed by atoms with Crippen molar-refractivity contribution in [1.82, 2.24) is 0 Å². The van der Waals surface area contributed by atoms with Crippen LogP contribution >= 0.6 is 0 Å². The van der Waals surface area contributed by atoms with Gasteiger partial charge in [-0.25, -0.2) is 0 Å². The van der Waals surface area contributed by atoms with E-state index in [0.29, 0.717) is 29.0 Å². The summed E-state index contributed by atoms with van der Waals surface area (Å²) in [4.78, 5) is 12.6. The Labute approximate surface area is 147 Å². The summed E-state index contributed by atoms with van der Waals surface area (Å²) in [6.07, 6.45) is 3.38. The van der Waals surface area contributed by atoms with Crippen molar-refractivity contribution < 1.29 is 19.4 Å². The Bertz CT molecular complexity index is 801. The third kappa shape index (κ3) is 3.74. The molecule has 4 heteroatoms. The summed E-state index contributed by atoms with van der Waals surface area (Å²) >= 11 is 0. The number of benzene rings is 2. The Hall–Kier alpha value is -2.59. The van der Waals surface area contributed by atoms with Crippen molar-refractivity contribution in [3.63, 3.8) is 0 Å². The molecular weight excluding hydrogens is 316 g/mol. The summed E-state index contributed by atoms with van der Waals surface area (Å²) in [5.41, 5.74) is 1.19. The molecule has 0 fully saturated rings. The molecule has 2 aromatic carbocycles. The van der Waals surface area contributed by atoms with Crippen LogP contribution in [0.4, 0.5) is 0 Å². The maximum absolute atomic E-state index is 12.6. The van der Waals surface area contributed by atoms with E-state index in [4.69, 9.17) is 9.47 Å². The Morgan fingerprint density at radius 1 is 1.20 bits per heavy atom. The normalized spacial score (nSPS) is 17.3. The van der Waals surface area contributed by atoms with E-state index in [-0.39, 0.29) is 11.9 Å². The van der Waals surface area contributed by atoms with Gasteiger partial charge in [-0.15, -0.1) is 0 Å². The number of hydrogen-bond acceptors (Lipinski definition) is 4. The van der Waals surface area contributed by atoms with Crippen molar-refractivity contribution in [1.29, 1.82) is 0 Å². The Morgan fingerprint density at radius 2 is 1.92 bits per heavy atom. The van der Waals surface area contributed by atoms with Gasteiger partial charge < -0.3 is 14.6 Å². The summed E-state index contributed by atoms with van der Waals surface area (Å²) in [6, 6.07) is 13.2. The summed E-state index contributed by atoms with van der Waals surface area (Å²) in [7, 11) is 1.57. The molecule has 0 unspecified atom stereocenters. The van der Waals surface area contributed by atoms with Crippen molar-refractivity contribution >= 4 is 11.9 Å². The van der Waals surface area contributed by atoms with Crippen LogP contribution in [-0.4, -0.2) is 23.6 Å². The number of ketones is 1. The first-order valence-corrected chi connectivity index (χ1v) is 8.26. The molecule has 130 valence electrons. The highest BCUT2D eigenvalue weighted by atomic mass is 16.5. The summed E-state index contributed by atoms with van der Waals surface area (Å²) in [5.74, 6) is 1.14. The molecule has 0 amide bonds. The monoisotopic (exact) mass is 338 g/mol. The molecule has 4 nitrogen and oxygen atoms in total. The molecule has 0 aliphatic carbocycles. The van der Waals surface area contributed by atoms with E-state index in [0.717, 1.165) is 5.56 Å². The highest BCUT2D eigenvalue weighted by Gasteiger charge is 2.30. The number of Topliss-reactive ketones (excluding diaryl/α,β-unsaturated/α-hetero) is 1. The first kappa shape index (κ1) is 17.2. The SMILES string of the molecule is COc1ccc2c(c1C=CC(C)(C)O)O[C@@H](c1ccccc1)CC2=O. The van der Waals surface area contributed by atoms with Crippen LogP contribution < -0.4 is 9.47 Å². The molecule has 0 bridgehead atoms. The van der Waals surface area contributed by atoms with Crippen molar-refractivity contribution in [2.24, 2.45) is 0 Å². The summed E-state index contributed by atoms with van der Waals surface area (Å²) < 4.78 is 11.6. The minimum absolute atomic E-state index is 0.0377. The second kappa shape index (κ2) is 6.73. The van der Waals surface area contributed by atoms with Crippen LogP contribution in [0.15, 0.2) is 48.5 Å². The van der Waals surface area contributed by atoms with Gasteiger partial charge in [0.1, 0.15) is 17.6 Å². The van der Waals surface area contributed by atoms with E-state index in [9.17, 15) is 9.90 Å². The number of carbonyl (C=O) groups excluding carboxylic acids is 1. The number of carbonyl (C=O) groups is 1. The van der Waals surface area contributed by atoms with Gasteiger partial charge >= 0.3 is 0 Å². The number of ether oxygens (including phenoxy) is 2. The van der Waals surface area contributed by atoms with Gasteiger partial charge in [-0.1, -0.05) is 36.4 Å². The lowest BCUT2D eigenvalue weighted by Crippen LogP contribution is -2.21. The lowest BCUT2D eigenvalue weighted by atomic mass is 9.93. The first-order valence-electron chi connectivity index (χ1n) is 8.26. The first-order chi connectivity index (χ1) is 11.9. The van der Waals surface area contributed by atoms with Gasteiger partial charge in [-0.05, 0) is 37.6 Å². The van der Waals surface area contributed by atoms with Crippen molar-refractivity contribution in [2.45, 2.75) is 32.0 Å². The van der Waals surface area contributed by atoms with Gasteiger partial charge in [0.2, 0.25) is 0 Å².